The van der Waals surface area contributed by atoms with Crippen molar-refractivity contribution in [2.24, 2.45) is 5.73 Å². The van der Waals surface area contributed by atoms with Gasteiger partial charge in [0.15, 0.2) is 0 Å². The van der Waals surface area contributed by atoms with Crippen LogP contribution >= 0.6 is 0 Å². The van der Waals surface area contributed by atoms with E-state index in [1.54, 1.807) is 7.05 Å². The van der Waals surface area contributed by atoms with Gasteiger partial charge in [-0.3, -0.25) is 4.79 Å². The van der Waals surface area contributed by atoms with E-state index in [-0.39, 0.29) is 12.5 Å². The average Bonchev–Trinajstić information content (AvgIpc) is 2.34. The van der Waals surface area contributed by atoms with E-state index >= 15 is 0 Å². The van der Waals surface area contributed by atoms with Crippen molar-refractivity contribution in [2.75, 3.05) is 25.0 Å². The fourth-order valence-electron chi connectivity index (χ4n) is 1.44. The molecule has 0 saturated carbocycles. The van der Waals surface area contributed by atoms with Gasteiger partial charge in [-0.25, -0.2) is 9.97 Å². The first-order chi connectivity index (χ1) is 8.10. The predicted molar refractivity (Wildman–Crippen MR) is 66.6 cm³/mol. The number of carbonyl (C=O) groups is 1. The van der Waals surface area contributed by atoms with Crippen LogP contribution in [0.25, 0.3) is 0 Å². The summed E-state index contributed by atoms with van der Waals surface area (Å²) in [6.45, 7) is 5.13. The molecule has 94 valence electrons. The van der Waals surface area contributed by atoms with E-state index in [2.05, 4.69) is 15.3 Å². The molecule has 1 rings (SSSR count). The number of nitrogens with zero attached hydrogens (tertiary/aromatic N) is 3. The van der Waals surface area contributed by atoms with Crippen LogP contribution in [-0.2, 0) is 11.3 Å². The highest BCUT2D eigenvalue weighted by Crippen LogP contribution is 2.09. The number of rotatable bonds is 5. The van der Waals surface area contributed by atoms with Crippen LogP contribution in [0.1, 0.15) is 18.3 Å². The lowest BCUT2D eigenvalue weighted by Gasteiger charge is -2.20. The summed E-state index contributed by atoms with van der Waals surface area (Å²) in [7, 11) is 1.61. The van der Waals surface area contributed by atoms with Crippen molar-refractivity contribution in [1.82, 2.24) is 15.3 Å². The molecule has 1 aromatic heterocycles. The van der Waals surface area contributed by atoms with Crippen molar-refractivity contribution < 1.29 is 4.79 Å². The fourth-order valence-corrected chi connectivity index (χ4v) is 1.44. The Kier molecular flexibility index (Phi) is 4.84. The van der Waals surface area contributed by atoms with Crippen LogP contribution in [0.5, 0.6) is 0 Å². The number of aryl methyl sites for hydroxylation is 1. The molecular weight excluding hydrogens is 218 g/mol. The molecule has 0 aliphatic rings. The van der Waals surface area contributed by atoms with Gasteiger partial charge >= 0.3 is 0 Å². The van der Waals surface area contributed by atoms with Crippen molar-refractivity contribution in [1.29, 1.82) is 0 Å². The molecule has 1 heterocycles. The minimum absolute atomic E-state index is 0.0637. The molecule has 0 aliphatic heterocycles. The third kappa shape index (κ3) is 3.67. The molecule has 1 aromatic rings. The van der Waals surface area contributed by atoms with Crippen molar-refractivity contribution in [3.63, 3.8) is 0 Å². The average molecular weight is 237 g/mol. The number of carbonyl (C=O) groups excluding carboxylic acids is 1. The second-order valence-corrected chi connectivity index (χ2v) is 3.69. The molecule has 0 saturated heterocycles. The van der Waals surface area contributed by atoms with Crippen LogP contribution in [0, 0.1) is 6.92 Å². The summed E-state index contributed by atoms with van der Waals surface area (Å²) in [5, 5.41) is 2.58. The predicted octanol–water partition coefficient (Wildman–Crippen LogP) is -0.184. The summed E-state index contributed by atoms with van der Waals surface area (Å²) in [4.78, 5) is 21.8. The SMILES string of the molecule is CCN(CC(=O)NC)c1nc(C)cc(CN)n1. The lowest BCUT2D eigenvalue weighted by molar-refractivity contribution is -0.119. The molecule has 0 spiro atoms. The number of aromatic nitrogens is 2. The van der Waals surface area contributed by atoms with Gasteiger partial charge in [-0.1, -0.05) is 0 Å². The molecular formula is C11H19N5O. The zero-order chi connectivity index (χ0) is 12.8. The number of anilines is 1. The number of likely N-dealkylation sites (N-methyl/N-ethyl adjacent to an activating group) is 2. The number of nitrogens with one attached hydrogen (secondary N) is 1. The highest BCUT2D eigenvalue weighted by Gasteiger charge is 2.12. The van der Waals surface area contributed by atoms with Crippen LogP contribution < -0.4 is 16.0 Å². The van der Waals surface area contributed by atoms with Gasteiger partial charge in [-0.15, -0.1) is 0 Å². The molecule has 6 heteroatoms. The molecule has 0 radical (unpaired) electrons. The van der Waals surface area contributed by atoms with E-state index in [0.29, 0.717) is 19.0 Å². The number of hydrogen-bond donors (Lipinski definition) is 2. The van der Waals surface area contributed by atoms with Crippen molar-refractivity contribution >= 4 is 11.9 Å². The van der Waals surface area contributed by atoms with Gasteiger partial charge in [0.25, 0.3) is 0 Å². The van der Waals surface area contributed by atoms with Crippen LogP contribution in [-0.4, -0.2) is 36.0 Å². The summed E-state index contributed by atoms with van der Waals surface area (Å²) in [5.74, 6) is 0.489. The van der Waals surface area contributed by atoms with Crippen LogP contribution in [0.4, 0.5) is 5.95 Å². The molecule has 0 atom stereocenters. The minimum atomic E-state index is -0.0637. The Morgan fingerprint density at radius 1 is 1.53 bits per heavy atom. The zero-order valence-corrected chi connectivity index (χ0v) is 10.5. The maximum Gasteiger partial charge on any atom is 0.239 e. The summed E-state index contributed by atoms with van der Waals surface area (Å²) in [5.41, 5.74) is 7.20. The molecule has 0 unspecified atom stereocenters. The lowest BCUT2D eigenvalue weighted by atomic mass is 10.3. The Morgan fingerprint density at radius 2 is 2.24 bits per heavy atom. The maximum atomic E-state index is 11.4. The molecule has 3 N–H and O–H groups in total. The second-order valence-electron chi connectivity index (χ2n) is 3.69. The third-order valence-corrected chi connectivity index (χ3v) is 2.38. The molecule has 0 aliphatic carbocycles. The van der Waals surface area contributed by atoms with Gasteiger partial charge in [0.1, 0.15) is 0 Å². The summed E-state index contributed by atoms with van der Waals surface area (Å²) in [6, 6.07) is 1.84. The van der Waals surface area contributed by atoms with Crippen LogP contribution in [0.15, 0.2) is 6.07 Å². The highest BCUT2D eigenvalue weighted by molar-refractivity contribution is 5.80. The molecule has 17 heavy (non-hydrogen) atoms. The fraction of sp³-hybridized carbons (Fsp3) is 0.545. The number of amides is 1. The molecule has 0 aromatic carbocycles. The van der Waals surface area contributed by atoms with E-state index in [1.165, 1.54) is 0 Å². The van der Waals surface area contributed by atoms with E-state index in [4.69, 9.17) is 5.73 Å². The molecule has 6 nitrogen and oxygen atoms in total. The normalized spacial score (nSPS) is 10.1. The number of nitrogens with two attached hydrogens (primary N) is 1. The van der Waals surface area contributed by atoms with E-state index in [9.17, 15) is 4.79 Å². The lowest BCUT2D eigenvalue weighted by Crippen LogP contribution is -2.36. The van der Waals surface area contributed by atoms with Gasteiger partial charge in [-0.2, -0.15) is 0 Å². The van der Waals surface area contributed by atoms with Gasteiger partial charge in [0.2, 0.25) is 11.9 Å². The smallest absolute Gasteiger partial charge is 0.239 e. The minimum Gasteiger partial charge on any atom is -0.358 e. The van der Waals surface area contributed by atoms with Gasteiger partial charge in [0.05, 0.1) is 12.2 Å². The maximum absolute atomic E-state index is 11.4. The Labute approximate surface area is 101 Å². The van der Waals surface area contributed by atoms with Gasteiger partial charge in [0, 0.05) is 25.8 Å². The first kappa shape index (κ1) is 13.4. The molecule has 0 bridgehead atoms. The topological polar surface area (TPSA) is 84.1 Å². The first-order valence-corrected chi connectivity index (χ1v) is 5.60. The first-order valence-electron chi connectivity index (χ1n) is 5.60. The van der Waals surface area contributed by atoms with E-state index in [1.807, 2.05) is 24.8 Å². The number of hydrogen-bond acceptors (Lipinski definition) is 5. The standard InChI is InChI=1S/C11H19N5O/c1-4-16(7-10(17)13-3)11-14-8(2)5-9(6-12)15-11/h5H,4,6-7,12H2,1-3H3,(H,13,17). The van der Waals surface area contributed by atoms with Crippen molar-refractivity contribution in [2.45, 2.75) is 20.4 Å². The highest BCUT2D eigenvalue weighted by atomic mass is 16.1. The molecule has 0 fully saturated rings. The summed E-state index contributed by atoms with van der Waals surface area (Å²) >= 11 is 0. The Balaban J connectivity index is 2.94. The molecule has 1 amide bonds. The monoisotopic (exact) mass is 237 g/mol. The van der Waals surface area contributed by atoms with Crippen molar-refractivity contribution in [3.8, 4) is 0 Å². The van der Waals surface area contributed by atoms with E-state index in [0.717, 1.165) is 11.4 Å². The van der Waals surface area contributed by atoms with E-state index < -0.39 is 0 Å². The zero-order valence-electron chi connectivity index (χ0n) is 10.5. The van der Waals surface area contributed by atoms with Crippen molar-refractivity contribution in [3.05, 3.63) is 17.5 Å². The summed E-state index contributed by atoms with van der Waals surface area (Å²) in [6.07, 6.45) is 0. The Bertz CT molecular complexity index is 393. The largest absolute Gasteiger partial charge is 0.358 e. The second kappa shape index (κ2) is 6.15. The van der Waals surface area contributed by atoms with Crippen LogP contribution in [0.3, 0.4) is 0 Å². The third-order valence-electron chi connectivity index (χ3n) is 2.38. The Morgan fingerprint density at radius 3 is 2.76 bits per heavy atom. The van der Waals surface area contributed by atoms with Gasteiger partial charge < -0.3 is 16.0 Å². The van der Waals surface area contributed by atoms with Crippen LogP contribution in [0.2, 0.25) is 0 Å². The Hall–Kier alpha value is -1.69. The quantitative estimate of drug-likeness (QED) is 0.742. The van der Waals surface area contributed by atoms with Gasteiger partial charge in [-0.05, 0) is 19.9 Å². The summed E-state index contributed by atoms with van der Waals surface area (Å²) < 4.78 is 0.